The molecule has 3 aliphatic rings. The van der Waals surface area contributed by atoms with Gasteiger partial charge >= 0.3 is 0 Å². The van der Waals surface area contributed by atoms with Crippen LogP contribution in [-0.2, 0) is 16.8 Å². The van der Waals surface area contributed by atoms with Crippen LogP contribution in [0, 0.1) is 5.92 Å². The summed E-state index contributed by atoms with van der Waals surface area (Å²) in [5.41, 5.74) is 2.19. The van der Waals surface area contributed by atoms with E-state index in [2.05, 4.69) is 38.9 Å². The summed E-state index contributed by atoms with van der Waals surface area (Å²) in [4.78, 5) is 25.7. The lowest BCUT2D eigenvalue weighted by atomic mass is 9.78. The first-order chi connectivity index (χ1) is 13.1. The van der Waals surface area contributed by atoms with Crippen LogP contribution < -0.4 is 5.32 Å². The molecule has 0 radical (unpaired) electrons. The van der Waals surface area contributed by atoms with Crippen molar-refractivity contribution in [1.82, 2.24) is 25.1 Å². The van der Waals surface area contributed by atoms with Crippen molar-refractivity contribution in [2.45, 2.75) is 70.4 Å². The van der Waals surface area contributed by atoms with Crippen molar-refractivity contribution < 1.29 is 4.79 Å². The summed E-state index contributed by atoms with van der Waals surface area (Å²) in [6, 6.07) is -0.110. The number of hydrogen-bond acceptors (Lipinski definition) is 4. The number of nitrogens with zero attached hydrogens (tertiary/aromatic N) is 3. The van der Waals surface area contributed by atoms with Gasteiger partial charge in [-0.15, -0.1) is 0 Å². The molecule has 1 atom stereocenters. The molecule has 0 saturated carbocycles. The molecule has 4 rings (SSSR count). The van der Waals surface area contributed by atoms with E-state index in [0.717, 1.165) is 69.9 Å². The lowest BCUT2D eigenvalue weighted by Gasteiger charge is -2.47. The maximum Gasteiger partial charge on any atom is 0.240 e. The molecule has 1 amide bonds. The van der Waals surface area contributed by atoms with E-state index >= 15 is 0 Å². The number of piperidine rings is 1. The summed E-state index contributed by atoms with van der Waals surface area (Å²) < 4.78 is 0. The standard InChI is InChI=1S/C21H35N5O/c1-3-16(4-2)14-25-11-7-21(8-12-25)19-17(22-15-23-19)13-18(24-21)20(27)26-9-5-6-10-26/h15-16,18,24H,3-14H2,1-2H3,(H,22,23)/t18-/m0/s1. The second-order valence-corrected chi connectivity index (χ2v) is 8.73. The van der Waals surface area contributed by atoms with Gasteiger partial charge in [0.05, 0.1) is 23.6 Å². The minimum atomic E-state index is -0.141. The number of hydrogen-bond donors (Lipinski definition) is 2. The van der Waals surface area contributed by atoms with Crippen LogP contribution in [0.5, 0.6) is 0 Å². The quantitative estimate of drug-likeness (QED) is 0.831. The maximum absolute atomic E-state index is 13.1. The molecule has 1 aromatic heterocycles. The second kappa shape index (κ2) is 7.92. The van der Waals surface area contributed by atoms with Gasteiger partial charge in [0, 0.05) is 44.8 Å². The molecule has 6 nitrogen and oxygen atoms in total. The average molecular weight is 374 g/mol. The Hall–Kier alpha value is -1.40. The van der Waals surface area contributed by atoms with E-state index in [1.807, 2.05) is 6.33 Å². The molecule has 0 aromatic carbocycles. The molecule has 1 spiro atoms. The number of carbonyl (C=O) groups is 1. The van der Waals surface area contributed by atoms with Crippen molar-refractivity contribution in [1.29, 1.82) is 0 Å². The second-order valence-electron chi connectivity index (χ2n) is 8.73. The largest absolute Gasteiger partial charge is 0.348 e. The number of aromatic amines is 1. The fourth-order valence-electron chi connectivity index (χ4n) is 5.26. The number of amides is 1. The smallest absolute Gasteiger partial charge is 0.240 e. The van der Waals surface area contributed by atoms with E-state index < -0.39 is 0 Å². The zero-order chi connectivity index (χ0) is 18.9. The first-order valence-electron chi connectivity index (χ1n) is 11.0. The maximum atomic E-state index is 13.1. The summed E-state index contributed by atoms with van der Waals surface area (Å²) in [6.07, 6.45) is 9.42. The average Bonchev–Trinajstić information content (AvgIpc) is 3.39. The Labute approximate surface area is 163 Å². The molecule has 1 aromatic rings. The Bertz CT molecular complexity index is 639. The lowest BCUT2D eigenvalue weighted by molar-refractivity contribution is -0.133. The molecule has 2 N–H and O–H groups in total. The SMILES string of the molecule is CCC(CC)CN1CCC2(CC1)N[C@H](C(=O)N1CCCC1)Cc1[nH]cnc12. The van der Waals surface area contributed by atoms with E-state index in [-0.39, 0.29) is 17.5 Å². The number of rotatable bonds is 5. The van der Waals surface area contributed by atoms with E-state index in [1.165, 1.54) is 25.1 Å². The van der Waals surface area contributed by atoms with E-state index in [9.17, 15) is 4.79 Å². The molecule has 27 heavy (non-hydrogen) atoms. The summed E-state index contributed by atoms with van der Waals surface area (Å²) in [7, 11) is 0. The van der Waals surface area contributed by atoms with Crippen LogP contribution in [0.15, 0.2) is 6.33 Å². The molecule has 4 heterocycles. The monoisotopic (exact) mass is 373 g/mol. The molecular weight excluding hydrogens is 338 g/mol. The molecule has 0 bridgehead atoms. The Morgan fingerprint density at radius 1 is 1.22 bits per heavy atom. The Morgan fingerprint density at radius 3 is 2.59 bits per heavy atom. The summed E-state index contributed by atoms with van der Waals surface area (Å²) in [5.74, 6) is 1.08. The minimum Gasteiger partial charge on any atom is -0.348 e. The van der Waals surface area contributed by atoms with Crippen molar-refractivity contribution >= 4 is 5.91 Å². The molecule has 2 fully saturated rings. The Morgan fingerprint density at radius 2 is 1.93 bits per heavy atom. The highest BCUT2D eigenvalue weighted by atomic mass is 16.2. The van der Waals surface area contributed by atoms with E-state index in [1.54, 1.807) is 0 Å². The van der Waals surface area contributed by atoms with Crippen LogP contribution in [-0.4, -0.2) is 64.4 Å². The fraction of sp³-hybridized carbons (Fsp3) is 0.810. The number of nitrogens with one attached hydrogen (secondary N) is 2. The van der Waals surface area contributed by atoms with Gasteiger partial charge in [-0.3, -0.25) is 10.1 Å². The third-order valence-electron chi connectivity index (χ3n) is 7.13. The van der Waals surface area contributed by atoms with Crippen molar-refractivity contribution in [3.63, 3.8) is 0 Å². The van der Waals surface area contributed by atoms with Crippen molar-refractivity contribution in [2.24, 2.45) is 5.92 Å². The van der Waals surface area contributed by atoms with Crippen molar-refractivity contribution in [3.05, 3.63) is 17.7 Å². The first kappa shape index (κ1) is 18.9. The number of likely N-dealkylation sites (tertiary alicyclic amines) is 2. The molecule has 3 aliphatic heterocycles. The third-order valence-corrected chi connectivity index (χ3v) is 7.13. The highest BCUT2D eigenvalue weighted by Gasteiger charge is 2.46. The van der Waals surface area contributed by atoms with Gasteiger partial charge in [0.2, 0.25) is 5.91 Å². The van der Waals surface area contributed by atoms with Crippen LogP contribution in [0.1, 0.15) is 63.8 Å². The van der Waals surface area contributed by atoms with Gasteiger partial charge in [0.1, 0.15) is 0 Å². The topological polar surface area (TPSA) is 64.3 Å². The summed E-state index contributed by atoms with van der Waals surface area (Å²) in [6.45, 7) is 9.80. The van der Waals surface area contributed by atoms with E-state index in [4.69, 9.17) is 0 Å². The lowest BCUT2D eigenvalue weighted by Crippen LogP contribution is -2.61. The highest BCUT2D eigenvalue weighted by molar-refractivity contribution is 5.83. The van der Waals surface area contributed by atoms with Gasteiger partial charge in [-0.25, -0.2) is 4.98 Å². The number of carbonyl (C=O) groups excluding carboxylic acids is 1. The van der Waals surface area contributed by atoms with Crippen LogP contribution in [0.25, 0.3) is 0 Å². The number of imidazole rings is 1. The Balaban J connectivity index is 1.48. The summed E-state index contributed by atoms with van der Waals surface area (Å²) >= 11 is 0. The van der Waals surface area contributed by atoms with Crippen LogP contribution >= 0.6 is 0 Å². The normalized spacial score (nSPS) is 25.3. The van der Waals surface area contributed by atoms with E-state index in [0.29, 0.717) is 0 Å². The molecule has 6 heteroatoms. The number of fused-ring (bicyclic) bond motifs is 2. The first-order valence-corrected chi connectivity index (χ1v) is 11.0. The van der Waals surface area contributed by atoms with Gasteiger partial charge in [-0.2, -0.15) is 0 Å². The van der Waals surface area contributed by atoms with Gasteiger partial charge in [0.15, 0.2) is 0 Å². The molecule has 0 unspecified atom stereocenters. The fourth-order valence-corrected chi connectivity index (χ4v) is 5.26. The number of aromatic nitrogens is 2. The van der Waals surface area contributed by atoms with Crippen molar-refractivity contribution in [3.8, 4) is 0 Å². The van der Waals surface area contributed by atoms with Crippen molar-refractivity contribution in [2.75, 3.05) is 32.7 Å². The van der Waals surface area contributed by atoms with Crippen LogP contribution in [0.2, 0.25) is 0 Å². The summed E-state index contributed by atoms with van der Waals surface area (Å²) in [5, 5.41) is 3.79. The minimum absolute atomic E-state index is 0.110. The predicted octanol–water partition coefficient (Wildman–Crippen LogP) is 2.27. The van der Waals surface area contributed by atoms with Gasteiger partial charge < -0.3 is 14.8 Å². The van der Waals surface area contributed by atoms with Gasteiger partial charge in [-0.1, -0.05) is 26.7 Å². The van der Waals surface area contributed by atoms with Gasteiger partial charge in [0.25, 0.3) is 0 Å². The van der Waals surface area contributed by atoms with Crippen LogP contribution in [0.3, 0.4) is 0 Å². The Kier molecular flexibility index (Phi) is 5.55. The third kappa shape index (κ3) is 3.66. The molecule has 2 saturated heterocycles. The zero-order valence-electron chi connectivity index (χ0n) is 17.0. The zero-order valence-corrected chi connectivity index (χ0v) is 17.0. The molecular formula is C21H35N5O. The van der Waals surface area contributed by atoms with Crippen LogP contribution in [0.4, 0.5) is 0 Å². The van der Waals surface area contributed by atoms with Gasteiger partial charge in [-0.05, 0) is 31.6 Å². The predicted molar refractivity (Wildman–Crippen MR) is 106 cm³/mol. The number of H-pyrrole nitrogens is 1. The molecule has 0 aliphatic carbocycles. The molecule has 150 valence electrons. The highest BCUT2D eigenvalue weighted by Crippen LogP contribution is 2.38.